The molecular formula is C13H17FN2O2. The van der Waals surface area contributed by atoms with Crippen LogP contribution >= 0.6 is 0 Å². The Hall–Kier alpha value is -1.78. The van der Waals surface area contributed by atoms with Crippen LogP contribution in [-0.2, 0) is 9.53 Å². The second kappa shape index (κ2) is 5.25. The summed E-state index contributed by atoms with van der Waals surface area (Å²) in [5.41, 5.74) is 6.68. The van der Waals surface area contributed by atoms with Gasteiger partial charge in [-0.2, -0.15) is 0 Å². The maximum atomic E-state index is 13.7. The van der Waals surface area contributed by atoms with Crippen molar-refractivity contribution < 1.29 is 13.9 Å². The molecule has 5 heteroatoms. The van der Waals surface area contributed by atoms with Gasteiger partial charge in [-0.25, -0.2) is 4.39 Å². The van der Waals surface area contributed by atoms with Crippen LogP contribution in [0.3, 0.4) is 0 Å². The normalized spacial score (nSPS) is 16.7. The van der Waals surface area contributed by atoms with Crippen molar-refractivity contribution in [3.8, 4) is 0 Å². The first kappa shape index (κ1) is 12.7. The average Bonchev–Trinajstić information content (AvgIpc) is 2.38. The molecule has 1 saturated heterocycles. The highest BCUT2D eigenvalue weighted by Crippen LogP contribution is 2.30. The SMILES string of the molecule is COC(=O)C1CCN(c2c(N)cccc2F)CC1. The predicted molar refractivity (Wildman–Crippen MR) is 67.8 cm³/mol. The van der Waals surface area contributed by atoms with Gasteiger partial charge in [-0.1, -0.05) is 6.07 Å². The van der Waals surface area contributed by atoms with Gasteiger partial charge in [0, 0.05) is 13.1 Å². The summed E-state index contributed by atoms with van der Waals surface area (Å²) in [7, 11) is 1.39. The van der Waals surface area contributed by atoms with Crippen LogP contribution in [0.5, 0.6) is 0 Å². The zero-order chi connectivity index (χ0) is 13.1. The molecule has 2 N–H and O–H groups in total. The molecule has 1 heterocycles. The number of carbonyl (C=O) groups excluding carboxylic acids is 1. The third kappa shape index (κ3) is 2.39. The lowest BCUT2D eigenvalue weighted by Crippen LogP contribution is -2.37. The van der Waals surface area contributed by atoms with Crippen LogP contribution in [0.15, 0.2) is 18.2 Å². The number of hydrogen-bond donors (Lipinski definition) is 1. The number of esters is 1. The number of nitrogens with zero attached hydrogens (tertiary/aromatic N) is 1. The molecule has 1 aromatic carbocycles. The molecule has 98 valence electrons. The maximum absolute atomic E-state index is 13.7. The van der Waals surface area contributed by atoms with Gasteiger partial charge in [0.15, 0.2) is 0 Å². The minimum Gasteiger partial charge on any atom is -0.469 e. The molecule has 0 amide bonds. The van der Waals surface area contributed by atoms with Gasteiger partial charge < -0.3 is 15.4 Å². The first-order valence-electron chi connectivity index (χ1n) is 6.00. The number of hydrogen-bond acceptors (Lipinski definition) is 4. The number of benzene rings is 1. The fraction of sp³-hybridized carbons (Fsp3) is 0.462. The van der Waals surface area contributed by atoms with Crippen LogP contribution in [0.25, 0.3) is 0 Å². The van der Waals surface area contributed by atoms with Gasteiger partial charge in [0.25, 0.3) is 0 Å². The summed E-state index contributed by atoms with van der Waals surface area (Å²) in [5, 5.41) is 0. The highest BCUT2D eigenvalue weighted by Gasteiger charge is 2.27. The lowest BCUT2D eigenvalue weighted by Gasteiger charge is -2.33. The Kier molecular flexibility index (Phi) is 3.69. The number of para-hydroxylation sites is 1. The number of carbonyl (C=O) groups is 1. The minimum absolute atomic E-state index is 0.0840. The quantitative estimate of drug-likeness (QED) is 0.644. The van der Waals surface area contributed by atoms with Gasteiger partial charge in [0.05, 0.1) is 24.4 Å². The van der Waals surface area contributed by atoms with Crippen molar-refractivity contribution in [2.45, 2.75) is 12.8 Å². The smallest absolute Gasteiger partial charge is 0.308 e. The van der Waals surface area contributed by atoms with Crippen molar-refractivity contribution in [2.24, 2.45) is 5.92 Å². The van der Waals surface area contributed by atoms with E-state index in [9.17, 15) is 9.18 Å². The molecule has 0 bridgehead atoms. The number of ether oxygens (including phenoxy) is 1. The van der Waals surface area contributed by atoms with Gasteiger partial charge in [0.1, 0.15) is 5.82 Å². The fourth-order valence-electron chi connectivity index (χ4n) is 2.37. The topological polar surface area (TPSA) is 55.6 Å². The summed E-state index contributed by atoms with van der Waals surface area (Å²) in [4.78, 5) is 13.3. The highest BCUT2D eigenvalue weighted by molar-refractivity contribution is 5.73. The van der Waals surface area contributed by atoms with Crippen molar-refractivity contribution in [1.82, 2.24) is 0 Å². The molecule has 2 rings (SSSR count). The Morgan fingerprint density at radius 1 is 1.44 bits per heavy atom. The molecular weight excluding hydrogens is 235 g/mol. The Balaban J connectivity index is 2.08. The van der Waals surface area contributed by atoms with Gasteiger partial charge >= 0.3 is 5.97 Å². The van der Waals surface area contributed by atoms with E-state index in [2.05, 4.69) is 0 Å². The van der Waals surface area contributed by atoms with Crippen molar-refractivity contribution in [3.63, 3.8) is 0 Å². The third-order valence-corrected chi connectivity index (χ3v) is 3.36. The molecule has 0 aliphatic carbocycles. The molecule has 1 aliphatic heterocycles. The number of nitrogen functional groups attached to an aromatic ring is 1. The van der Waals surface area contributed by atoms with Crippen LogP contribution in [0, 0.1) is 11.7 Å². The fourth-order valence-corrected chi connectivity index (χ4v) is 2.37. The predicted octanol–water partition coefficient (Wildman–Crippen LogP) is 1.80. The van der Waals surface area contributed by atoms with E-state index >= 15 is 0 Å². The second-order valence-electron chi connectivity index (χ2n) is 4.46. The van der Waals surface area contributed by atoms with Crippen molar-refractivity contribution >= 4 is 17.3 Å². The number of anilines is 2. The number of piperidine rings is 1. The molecule has 0 spiro atoms. The van der Waals surface area contributed by atoms with Gasteiger partial charge in [0.2, 0.25) is 0 Å². The minimum atomic E-state index is -0.313. The van der Waals surface area contributed by atoms with E-state index in [4.69, 9.17) is 10.5 Å². The molecule has 0 atom stereocenters. The number of methoxy groups -OCH3 is 1. The molecule has 0 radical (unpaired) electrons. The Bertz CT molecular complexity index is 422. The van der Waals surface area contributed by atoms with Crippen LogP contribution in [0.4, 0.5) is 15.8 Å². The summed E-state index contributed by atoms with van der Waals surface area (Å²) in [6, 6.07) is 4.68. The van der Waals surface area contributed by atoms with E-state index in [0.717, 1.165) is 0 Å². The zero-order valence-corrected chi connectivity index (χ0v) is 10.4. The first-order valence-corrected chi connectivity index (χ1v) is 6.00. The number of halogens is 1. The summed E-state index contributed by atoms with van der Waals surface area (Å²) in [6.45, 7) is 1.23. The summed E-state index contributed by atoms with van der Waals surface area (Å²) in [6.07, 6.45) is 1.33. The van der Waals surface area contributed by atoms with Crippen LogP contribution in [-0.4, -0.2) is 26.2 Å². The Morgan fingerprint density at radius 3 is 2.67 bits per heavy atom. The first-order chi connectivity index (χ1) is 8.63. The lowest BCUT2D eigenvalue weighted by molar-refractivity contribution is -0.146. The van der Waals surface area contributed by atoms with E-state index in [1.165, 1.54) is 13.2 Å². The third-order valence-electron chi connectivity index (χ3n) is 3.36. The van der Waals surface area contributed by atoms with E-state index in [1.54, 1.807) is 12.1 Å². The van der Waals surface area contributed by atoms with Gasteiger partial charge in [-0.05, 0) is 25.0 Å². The molecule has 4 nitrogen and oxygen atoms in total. The summed E-state index contributed by atoms with van der Waals surface area (Å²) < 4.78 is 18.5. The van der Waals surface area contributed by atoms with Crippen molar-refractivity contribution in [2.75, 3.05) is 30.8 Å². The molecule has 0 aromatic heterocycles. The van der Waals surface area contributed by atoms with Crippen molar-refractivity contribution in [3.05, 3.63) is 24.0 Å². The Labute approximate surface area is 106 Å². The van der Waals surface area contributed by atoms with Gasteiger partial charge in [-0.15, -0.1) is 0 Å². The monoisotopic (exact) mass is 252 g/mol. The van der Waals surface area contributed by atoms with E-state index in [1.807, 2.05) is 4.90 Å². The largest absolute Gasteiger partial charge is 0.469 e. The molecule has 1 fully saturated rings. The summed E-state index contributed by atoms with van der Waals surface area (Å²) >= 11 is 0. The zero-order valence-electron chi connectivity index (χ0n) is 10.4. The Morgan fingerprint density at radius 2 is 2.11 bits per heavy atom. The number of rotatable bonds is 2. The molecule has 1 aliphatic rings. The van der Waals surface area contributed by atoms with E-state index in [-0.39, 0.29) is 17.7 Å². The van der Waals surface area contributed by atoms with E-state index in [0.29, 0.717) is 37.3 Å². The summed E-state index contributed by atoms with van der Waals surface area (Å²) in [5.74, 6) is -0.582. The highest BCUT2D eigenvalue weighted by atomic mass is 19.1. The van der Waals surface area contributed by atoms with Gasteiger partial charge in [-0.3, -0.25) is 4.79 Å². The van der Waals surface area contributed by atoms with Crippen molar-refractivity contribution in [1.29, 1.82) is 0 Å². The maximum Gasteiger partial charge on any atom is 0.308 e. The average molecular weight is 252 g/mol. The van der Waals surface area contributed by atoms with Crippen LogP contribution in [0.1, 0.15) is 12.8 Å². The molecule has 1 aromatic rings. The molecule has 18 heavy (non-hydrogen) atoms. The lowest BCUT2D eigenvalue weighted by atomic mass is 9.96. The standard InChI is InChI=1S/C13H17FN2O2/c1-18-13(17)9-5-7-16(8-6-9)12-10(14)3-2-4-11(12)15/h2-4,9H,5-8,15H2,1H3. The van der Waals surface area contributed by atoms with E-state index < -0.39 is 0 Å². The van der Waals surface area contributed by atoms with Crippen LogP contribution in [0.2, 0.25) is 0 Å². The number of nitrogens with two attached hydrogens (primary N) is 1. The molecule has 0 saturated carbocycles. The van der Waals surface area contributed by atoms with Crippen LogP contribution < -0.4 is 10.6 Å². The molecule has 0 unspecified atom stereocenters. The second-order valence-corrected chi connectivity index (χ2v) is 4.46.